The van der Waals surface area contributed by atoms with Crippen molar-refractivity contribution in [2.45, 2.75) is 24.7 Å². The summed E-state index contributed by atoms with van der Waals surface area (Å²) >= 11 is 0. The van der Waals surface area contributed by atoms with E-state index in [0.717, 1.165) is 12.1 Å². The lowest BCUT2D eigenvalue weighted by Crippen LogP contribution is -2.44. The van der Waals surface area contributed by atoms with E-state index in [1.165, 1.54) is 0 Å². The predicted octanol–water partition coefficient (Wildman–Crippen LogP) is 4.06. The van der Waals surface area contributed by atoms with Gasteiger partial charge >= 0.3 is 12.8 Å². The van der Waals surface area contributed by atoms with E-state index in [4.69, 9.17) is 4.74 Å². The van der Waals surface area contributed by atoms with Gasteiger partial charge < -0.3 is 19.9 Å². The highest BCUT2D eigenvalue weighted by molar-refractivity contribution is 5.57. The summed E-state index contributed by atoms with van der Waals surface area (Å²) in [5.74, 6) is -4.54. The number of aliphatic hydroxyl groups excluding tert-OH is 1. The molecule has 12 heteroatoms. The van der Waals surface area contributed by atoms with Gasteiger partial charge in [0.25, 0.3) is 0 Å². The number of hydrogen-bond acceptors (Lipinski definition) is 5. The first-order chi connectivity index (χ1) is 13.6. The quantitative estimate of drug-likeness (QED) is 0.707. The molecule has 1 aromatic heterocycles. The molecular weight excluding hydrogens is 413 g/mol. The maximum atomic E-state index is 14.1. The van der Waals surface area contributed by atoms with E-state index in [0.29, 0.717) is 12.3 Å². The average molecular weight is 426 g/mol. The van der Waals surface area contributed by atoms with E-state index in [9.17, 15) is 35.8 Å². The molecule has 0 amide bonds. The smallest absolute Gasteiger partial charge is 0.418 e. The molecule has 2 aromatic rings. The van der Waals surface area contributed by atoms with Crippen molar-refractivity contribution in [3.05, 3.63) is 47.2 Å². The number of benzene rings is 1. The molecule has 0 bridgehead atoms. The van der Waals surface area contributed by atoms with Crippen molar-refractivity contribution in [3.63, 3.8) is 0 Å². The lowest BCUT2D eigenvalue weighted by Gasteiger charge is -2.39. The molecule has 158 valence electrons. The minimum Gasteiger partial charge on any atom is -0.490 e. The van der Waals surface area contributed by atoms with E-state index in [2.05, 4.69) is 15.0 Å². The van der Waals surface area contributed by atoms with Crippen molar-refractivity contribution in [2.75, 3.05) is 18.5 Å². The Kier molecular flexibility index (Phi) is 5.48. The highest BCUT2D eigenvalue weighted by Crippen LogP contribution is 2.43. The first kappa shape index (κ1) is 21.0. The molecule has 1 aromatic carbocycles. The van der Waals surface area contributed by atoms with Crippen LogP contribution in [0.2, 0.25) is 0 Å². The molecule has 0 fully saturated rings. The van der Waals surface area contributed by atoms with Gasteiger partial charge in [-0.05, 0) is 18.2 Å². The molecule has 0 saturated heterocycles. The van der Waals surface area contributed by atoms with E-state index in [-0.39, 0.29) is 18.6 Å². The van der Waals surface area contributed by atoms with Gasteiger partial charge in [-0.2, -0.15) is 26.3 Å². The fourth-order valence-electron chi connectivity index (χ4n) is 2.95. The number of fused-ring (bicyclic) bond motifs is 1. The topological polar surface area (TPSA) is 63.6 Å². The van der Waals surface area contributed by atoms with Crippen LogP contribution in [0.25, 0.3) is 0 Å². The Hall–Kier alpha value is -2.76. The summed E-state index contributed by atoms with van der Waals surface area (Å²) in [7, 11) is 0. The van der Waals surface area contributed by atoms with Crippen molar-refractivity contribution >= 4 is 5.82 Å². The highest BCUT2D eigenvalue weighted by Gasteiger charge is 2.41. The average Bonchev–Trinajstić information content (AvgIpc) is 2.65. The Morgan fingerprint density at radius 2 is 2.00 bits per heavy atom. The van der Waals surface area contributed by atoms with E-state index in [1.807, 2.05) is 0 Å². The molecule has 3 rings (SSSR count). The van der Waals surface area contributed by atoms with Gasteiger partial charge in [-0.1, -0.05) is 0 Å². The van der Waals surface area contributed by atoms with E-state index in [1.54, 1.807) is 0 Å². The maximum Gasteiger partial charge on any atom is 0.418 e. The Balaban J connectivity index is 2.08. The Morgan fingerprint density at radius 1 is 1.28 bits per heavy atom. The molecule has 29 heavy (non-hydrogen) atoms. The van der Waals surface area contributed by atoms with Crippen LogP contribution in [-0.2, 0) is 11.7 Å². The van der Waals surface area contributed by atoms with Crippen molar-refractivity contribution < 1.29 is 45.3 Å². The lowest BCUT2D eigenvalue weighted by molar-refractivity contribution is -0.138. The van der Waals surface area contributed by atoms with Crippen molar-refractivity contribution in [3.8, 4) is 11.5 Å². The van der Waals surface area contributed by atoms with Gasteiger partial charge in [0.05, 0.1) is 24.3 Å². The standard InChI is InChI=1S/C17H13F7N2O3/c18-10-2-1-9-13(12(10)19)28-4-3-16(9,7-27)26-14-11(29-15(20)21)5-8(6-25-14)17(22,23)24/h1-2,5-6,15,27H,3-4,7H2,(H,25,26)/t16-/m1/s1. The van der Waals surface area contributed by atoms with E-state index < -0.39 is 59.4 Å². The molecule has 1 atom stereocenters. The zero-order chi connectivity index (χ0) is 21.4. The van der Waals surface area contributed by atoms with Crippen molar-refractivity contribution in [2.24, 2.45) is 0 Å². The zero-order valence-corrected chi connectivity index (χ0v) is 14.4. The molecule has 0 radical (unpaired) electrons. The predicted molar refractivity (Wildman–Crippen MR) is 84.7 cm³/mol. The number of pyridine rings is 1. The number of nitrogens with one attached hydrogen (secondary N) is 1. The third kappa shape index (κ3) is 4.02. The van der Waals surface area contributed by atoms with Crippen LogP contribution in [-0.4, -0.2) is 29.9 Å². The minimum atomic E-state index is -4.87. The molecular formula is C17H13F7N2O3. The second kappa shape index (κ2) is 7.58. The van der Waals surface area contributed by atoms with Crippen LogP contribution in [0.3, 0.4) is 0 Å². The molecule has 0 saturated carbocycles. The maximum absolute atomic E-state index is 14.1. The Morgan fingerprint density at radius 3 is 2.62 bits per heavy atom. The number of alkyl halides is 5. The van der Waals surface area contributed by atoms with Gasteiger partial charge in [0, 0.05) is 18.2 Å². The fourth-order valence-corrected chi connectivity index (χ4v) is 2.95. The van der Waals surface area contributed by atoms with Gasteiger partial charge in [0.15, 0.2) is 23.1 Å². The molecule has 0 spiro atoms. The molecule has 0 unspecified atom stereocenters. The lowest BCUT2D eigenvalue weighted by atomic mass is 9.84. The van der Waals surface area contributed by atoms with Gasteiger partial charge in [-0.15, -0.1) is 0 Å². The monoisotopic (exact) mass is 426 g/mol. The summed E-state index contributed by atoms with van der Waals surface area (Å²) in [5, 5.41) is 12.5. The van der Waals surface area contributed by atoms with Crippen LogP contribution >= 0.6 is 0 Å². The Bertz CT molecular complexity index is 907. The number of nitrogens with zero attached hydrogens (tertiary/aromatic N) is 1. The number of ether oxygens (including phenoxy) is 2. The van der Waals surface area contributed by atoms with Gasteiger partial charge in [-0.25, -0.2) is 9.37 Å². The molecule has 1 aliphatic rings. The minimum absolute atomic E-state index is 0.0571. The van der Waals surface area contributed by atoms with Gasteiger partial charge in [0.2, 0.25) is 5.82 Å². The van der Waals surface area contributed by atoms with Crippen LogP contribution in [0, 0.1) is 11.6 Å². The molecule has 5 nitrogen and oxygen atoms in total. The second-order valence-corrected chi connectivity index (χ2v) is 6.15. The largest absolute Gasteiger partial charge is 0.490 e. The normalized spacial score (nSPS) is 18.9. The van der Waals surface area contributed by atoms with Crippen LogP contribution in [0.4, 0.5) is 36.6 Å². The number of aromatic nitrogens is 1. The molecule has 2 heterocycles. The molecule has 2 N–H and O–H groups in total. The van der Waals surface area contributed by atoms with Crippen LogP contribution in [0.5, 0.6) is 11.5 Å². The number of rotatable bonds is 5. The Labute approximate surface area is 159 Å². The van der Waals surface area contributed by atoms with Crippen LogP contribution in [0.1, 0.15) is 17.5 Å². The van der Waals surface area contributed by atoms with Crippen molar-refractivity contribution in [1.29, 1.82) is 0 Å². The number of aliphatic hydroxyl groups is 1. The van der Waals surface area contributed by atoms with Gasteiger partial charge in [-0.3, -0.25) is 0 Å². The first-order valence-electron chi connectivity index (χ1n) is 8.10. The summed E-state index contributed by atoms with van der Waals surface area (Å²) in [6.45, 7) is -4.42. The summed E-state index contributed by atoms with van der Waals surface area (Å²) < 4.78 is 101. The number of halogens is 7. The summed E-state index contributed by atoms with van der Waals surface area (Å²) in [4.78, 5) is 3.49. The first-order valence-corrected chi connectivity index (χ1v) is 8.10. The summed E-state index contributed by atoms with van der Waals surface area (Å²) in [5.41, 5.74) is -3.00. The molecule has 1 aliphatic heterocycles. The van der Waals surface area contributed by atoms with E-state index >= 15 is 0 Å². The van der Waals surface area contributed by atoms with Gasteiger partial charge in [0.1, 0.15) is 0 Å². The molecule has 0 aliphatic carbocycles. The van der Waals surface area contributed by atoms with Crippen molar-refractivity contribution in [1.82, 2.24) is 4.98 Å². The zero-order valence-electron chi connectivity index (χ0n) is 14.4. The second-order valence-electron chi connectivity index (χ2n) is 6.15. The highest BCUT2D eigenvalue weighted by atomic mass is 19.4. The number of hydrogen-bond donors (Lipinski definition) is 2. The summed E-state index contributed by atoms with van der Waals surface area (Å²) in [6.07, 6.45) is -4.54. The third-order valence-electron chi connectivity index (χ3n) is 4.36. The third-order valence-corrected chi connectivity index (χ3v) is 4.36. The SMILES string of the molecule is OC[C@]1(Nc2ncc(C(F)(F)F)cc2OC(F)F)CCOc2c1ccc(F)c2F. The van der Waals surface area contributed by atoms with Crippen LogP contribution < -0.4 is 14.8 Å². The summed E-state index contributed by atoms with van der Waals surface area (Å²) in [6, 6.07) is 2.19. The number of anilines is 1. The fraction of sp³-hybridized carbons (Fsp3) is 0.353. The van der Waals surface area contributed by atoms with Crippen LogP contribution in [0.15, 0.2) is 24.4 Å².